The van der Waals surface area contributed by atoms with E-state index >= 15 is 0 Å². The molecule has 1 unspecified atom stereocenters. The summed E-state index contributed by atoms with van der Waals surface area (Å²) in [5.41, 5.74) is 0. The van der Waals surface area contributed by atoms with Crippen LogP contribution in [0.25, 0.3) is 0 Å². The molecule has 0 aromatic heterocycles. The minimum Gasteiger partial charge on any atom is -0.480 e. The van der Waals surface area contributed by atoms with Crippen LogP contribution in [-0.2, 0) is 4.79 Å². The summed E-state index contributed by atoms with van der Waals surface area (Å²) in [4.78, 5) is 14.5. The Morgan fingerprint density at radius 2 is 2.14 bits per heavy atom. The highest BCUT2D eigenvalue weighted by molar-refractivity contribution is 9.10. The summed E-state index contributed by atoms with van der Waals surface area (Å²) in [5.74, 6) is 0.613. The van der Waals surface area contributed by atoms with Gasteiger partial charge in [-0.3, -0.25) is 4.79 Å². The van der Waals surface area contributed by atoms with Gasteiger partial charge in [-0.2, -0.15) is 0 Å². The predicted octanol–water partition coefficient (Wildman–Crippen LogP) is 1.63. The van der Waals surface area contributed by atoms with Gasteiger partial charge in [0, 0.05) is 32.7 Å². The summed E-state index contributed by atoms with van der Waals surface area (Å²) in [5, 5.41) is 6.27. The monoisotopic (exact) mass is 369 g/mol. The molecule has 2 N–H and O–H groups in total. The highest BCUT2D eigenvalue weighted by atomic mass is 79.9. The summed E-state index contributed by atoms with van der Waals surface area (Å²) in [6.45, 7) is 7.79. The molecule has 1 amide bonds. The van der Waals surface area contributed by atoms with Gasteiger partial charge in [0.25, 0.3) is 5.91 Å². The van der Waals surface area contributed by atoms with Crippen LogP contribution in [0.4, 0.5) is 0 Å². The Morgan fingerprint density at radius 3 is 2.86 bits per heavy atom. The van der Waals surface area contributed by atoms with E-state index in [2.05, 4.69) is 31.5 Å². The third kappa shape index (κ3) is 5.59. The maximum absolute atomic E-state index is 12.0. The fourth-order valence-corrected chi connectivity index (χ4v) is 2.76. The Bertz CT molecular complexity index is 478. The van der Waals surface area contributed by atoms with Crippen molar-refractivity contribution in [2.45, 2.75) is 19.4 Å². The molecule has 0 radical (unpaired) electrons. The normalized spacial score (nSPS) is 17.0. The van der Waals surface area contributed by atoms with Crippen molar-refractivity contribution in [2.75, 3.05) is 39.3 Å². The summed E-state index contributed by atoms with van der Waals surface area (Å²) in [6, 6.07) is 7.54. The van der Waals surface area contributed by atoms with Crippen LogP contribution in [0, 0.1) is 0 Å². The van der Waals surface area contributed by atoms with E-state index in [0.717, 1.165) is 43.6 Å². The van der Waals surface area contributed by atoms with Crippen LogP contribution >= 0.6 is 15.9 Å². The SMILES string of the molecule is CC(Oc1ccccc1Br)C(=O)NCCCN1CCNCC1. The fourth-order valence-electron chi connectivity index (χ4n) is 2.38. The molecule has 1 saturated heterocycles. The molecule has 0 aliphatic carbocycles. The second-order valence-electron chi connectivity index (χ2n) is 5.43. The van der Waals surface area contributed by atoms with Crippen molar-refractivity contribution in [3.05, 3.63) is 28.7 Å². The second kappa shape index (κ2) is 9.12. The van der Waals surface area contributed by atoms with Crippen molar-refractivity contribution < 1.29 is 9.53 Å². The molecule has 1 heterocycles. The highest BCUT2D eigenvalue weighted by Crippen LogP contribution is 2.24. The van der Waals surface area contributed by atoms with E-state index in [0.29, 0.717) is 12.3 Å². The number of nitrogens with zero attached hydrogens (tertiary/aromatic N) is 1. The van der Waals surface area contributed by atoms with E-state index in [-0.39, 0.29) is 5.91 Å². The molecule has 1 atom stereocenters. The summed E-state index contributed by atoms with van der Waals surface area (Å²) < 4.78 is 6.53. The number of piperazine rings is 1. The van der Waals surface area contributed by atoms with E-state index in [9.17, 15) is 4.79 Å². The quantitative estimate of drug-likeness (QED) is 0.717. The van der Waals surface area contributed by atoms with Crippen LogP contribution in [0.1, 0.15) is 13.3 Å². The van der Waals surface area contributed by atoms with Crippen molar-refractivity contribution in [1.29, 1.82) is 0 Å². The van der Waals surface area contributed by atoms with Gasteiger partial charge in [-0.25, -0.2) is 0 Å². The van der Waals surface area contributed by atoms with Gasteiger partial charge in [-0.05, 0) is 48.0 Å². The van der Waals surface area contributed by atoms with Crippen molar-refractivity contribution >= 4 is 21.8 Å². The number of ether oxygens (including phenoxy) is 1. The van der Waals surface area contributed by atoms with Crippen molar-refractivity contribution in [1.82, 2.24) is 15.5 Å². The first-order valence-electron chi connectivity index (χ1n) is 7.79. The lowest BCUT2D eigenvalue weighted by atomic mass is 10.3. The second-order valence-corrected chi connectivity index (χ2v) is 6.28. The Hall–Kier alpha value is -1.11. The van der Waals surface area contributed by atoms with Crippen molar-refractivity contribution in [2.24, 2.45) is 0 Å². The zero-order chi connectivity index (χ0) is 15.8. The molecule has 1 aliphatic rings. The van der Waals surface area contributed by atoms with Gasteiger partial charge >= 0.3 is 0 Å². The lowest BCUT2D eigenvalue weighted by molar-refractivity contribution is -0.127. The molecule has 0 bridgehead atoms. The van der Waals surface area contributed by atoms with Crippen LogP contribution in [0.3, 0.4) is 0 Å². The molecule has 22 heavy (non-hydrogen) atoms. The first kappa shape index (κ1) is 17.2. The predicted molar refractivity (Wildman–Crippen MR) is 91.2 cm³/mol. The van der Waals surface area contributed by atoms with Crippen LogP contribution in [-0.4, -0.2) is 56.2 Å². The number of halogens is 1. The fraction of sp³-hybridized carbons (Fsp3) is 0.562. The smallest absolute Gasteiger partial charge is 0.260 e. The Morgan fingerprint density at radius 1 is 1.41 bits per heavy atom. The number of hydrogen-bond donors (Lipinski definition) is 2. The van der Waals surface area contributed by atoms with E-state index in [1.54, 1.807) is 6.92 Å². The third-order valence-corrected chi connectivity index (χ3v) is 4.32. The van der Waals surface area contributed by atoms with Crippen molar-refractivity contribution in [3.63, 3.8) is 0 Å². The van der Waals surface area contributed by atoms with Gasteiger partial charge in [0.2, 0.25) is 0 Å². The lowest BCUT2D eigenvalue weighted by Gasteiger charge is -2.27. The molecular weight excluding hydrogens is 346 g/mol. The average Bonchev–Trinajstić information content (AvgIpc) is 2.54. The summed E-state index contributed by atoms with van der Waals surface area (Å²) >= 11 is 3.41. The van der Waals surface area contributed by atoms with Gasteiger partial charge < -0.3 is 20.3 Å². The van der Waals surface area contributed by atoms with Crippen LogP contribution in [0.2, 0.25) is 0 Å². The number of nitrogens with one attached hydrogen (secondary N) is 2. The number of amides is 1. The maximum Gasteiger partial charge on any atom is 0.260 e. The standard InChI is InChI=1S/C16H24BrN3O2/c1-13(22-15-6-3-2-5-14(15)17)16(21)19-7-4-10-20-11-8-18-9-12-20/h2-3,5-6,13,18H,4,7-12H2,1H3,(H,19,21). The Labute approximate surface area is 140 Å². The molecule has 1 fully saturated rings. The van der Waals surface area contributed by atoms with Gasteiger partial charge in [-0.1, -0.05) is 12.1 Å². The Kier molecular flexibility index (Phi) is 7.15. The molecule has 1 aliphatic heterocycles. The van der Waals surface area contributed by atoms with Gasteiger partial charge in [0.15, 0.2) is 6.10 Å². The minimum atomic E-state index is -0.502. The van der Waals surface area contributed by atoms with Crippen LogP contribution < -0.4 is 15.4 Å². The number of para-hydroxylation sites is 1. The molecular formula is C16H24BrN3O2. The molecule has 2 rings (SSSR count). The molecule has 1 aromatic carbocycles. The number of rotatable bonds is 7. The van der Waals surface area contributed by atoms with Gasteiger partial charge in [0.1, 0.15) is 5.75 Å². The van der Waals surface area contributed by atoms with E-state index < -0.39 is 6.10 Å². The van der Waals surface area contributed by atoms with Gasteiger partial charge in [0.05, 0.1) is 4.47 Å². The number of benzene rings is 1. The zero-order valence-electron chi connectivity index (χ0n) is 13.0. The van der Waals surface area contributed by atoms with E-state index in [1.807, 2.05) is 24.3 Å². The molecule has 1 aromatic rings. The zero-order valence-corrected chi connectivity index (χ0v) is 14.6. The number of carbonyl (C=O) groups excluding carboxylic acids is 1. The third-order valence-electron chi connectivity index (χ3n) is 3.67. The maximum atomic E-state index is 12.0. The Balaban J connectivity index is 1.65. The molecule has 5 nitrogen and oxygen atoms in total. The largest absolute Gasteiger partial charge is 0.480 e. The number of hydrogen-bond acceptors (Lipinski definition) is 4. The topological polar surface area (TPSA) is 53.6 Å². The van der Waals surface area contributed by atoms with E-state index in [1.165, 1.54) is 0 Å². The lowest BCUT2D eigenvalue weighted by Crippen LogP contribution is -2.44. The first-order chi connectivity index (χ1) is 10.7. The molecule has 122 valence electrons. The van der Waals surface area contributed by atoms with Gasteiger partial charge in [-0.15, -0.1) is 0 Å². The molecule has 0 saturated carbocycles. The first-order valence-corrected chi connectivity index (χ1v) is 8.58. The number of carbonyl (C=O) groups is 1. The van der Waals surface area contributed by atoms with Crippen LogP contribution in [0.15, 0.2) is 28.7 Å². The average molecular weight is 370 g/mol. The highest BCUT2D eigenvalue weighted by Gasteiger charge is 2.15. The van der Waals surface area contributed by atoms with E-state index in [4.69, 9.17) is 4.74 Å². The molecule has 6 heteroatoms. The van der Waals surface area contributed by atoms with Crippen molar-refractivity contribution in [3.8, 4) is 5.75 Å². The summed E-state index contributed by atoms with van der Waals surface area (Å²) in [6.07, 6.45) is 0.464. The van der Waals surface area contributed by atoms with Crippen LogP contribution in [0.5, 0.6) is 5.75 Å². The minimum absolute atomic E-state index is 0.0731. The molecule has 0 spiro atoms. The summed E-state index contributed by atoms with van der Waals surface area (Å²) in [7, 11) is 0.